The van der Waals surface area contributed by atoms with E-state index in [0.717, 1.165) is 30.7 Å². The average Bonchev–Trinajstić information content (AvgIpc) is 2.64. The van der Waals surface area contributed by atoms with Crippen LogP contribution in [0.4, 0.5) is 0 Å². The summed E-state index contributed by atoms with van der Waals surface area (Å²) < 4.78 is 3.09. The molecule has 1 unspecified atom stereocenters. The summed E-state index contributed by atoms with van der Waals surface area (Å²) in [6.07, 6.45) is 4.39. The normalized spacial score (nSPS) is 21.9. The minimum atomic E-state index is 0.663. The summed E-state index contributed by atoms with van der Waals surface area (Å²) in [5.41, 5.74) is 1.27. The molecule has 2 rings (SSSR count). The Labute approximate surface area is 111 Å². The van der Waals surface area contributed by atoms with Crippen LogP contribution in [-0.4, -0.2) is 40.4 Å². The van der Waals surface area contributed by atoms with Crippen LogP contribution in [-0.2, 0) is 13.6 Å². The maximum atomic E-state index is 4.28. The van der Waals surface area contributed by atoms with Gasteiger partial charge in [0.1, 0.15) is 0 Å². The number of aromatic nitrogens is 2. The van der Waals surface area contributed by atoms with E-state index in [1.807, 2.05) is 17.9 Å². The molecule has 1 aromatic rings. The Bertz CT molecular complexity index is 342. The molecule has 1 saturated heterocycles. The second kappa shape index (κ2) is 5.98. The fraction of sp³-hybridized carbons (Fsp3) is 0.750. The topological polar surface area (TPSA) is 33.1 Å². The Morgan fingerprint density at radius 3 is 3.06 bits per heavy atom. The summed E-state index contributed by atoms with van der Waals surface area (Å²) in [6.45, 7) is 6.58. The largest absolute Gasteiger partial charge is 0.314 e. The third-order valence-electron chi connectivity index (χ3n) is 3.46. The Morgan fingerprint density at radius 2 is 2.41 bits per heavy atom. The number of aryl methyl sites for hydroxylation is 1. The first kappa shape index (κ1) is 13.1. The lowest BCUT2D eigenvalue weighted by Crippen LogP contribution is -2.50. The van der Waals surface area contributed by atoms with Crippen molar-refractivity contribution in [2.24, 2.45) is 7.05 Å². The van der Waals surface area contributed by atoms with Gasteiger partial charge in [0.25, 0.3) is 0 Å². The Kier molecular flexibility index (Phi) is 4.59. The van der Waals surface area contributed by atoms with E-state index in [0.29, 0.717) is 6.04 Å². The Morgan fingerprint density at radius 1 is 1.59 bits per heavy atom. The zero-order valence-electron chi connectivity index (χ0n) is 10.6. The van der Waals surface area contributed by atoms with Crippen molar-refractivity contribution in [3.8, 4) is 0 Å². The van der Waals surface area contributed by atoms with Crippen molar-refractivity contribution in [2.45, 2.75) is 32.4 Å². The van der Waals surface area contributed by atoms with Crippen molar-refractivity contribution in [1.82, 2.24) is 20.0 Å². The molecule has 5 heteroatoms. The van der Waals surface area contributed by atoms with Gasteiger partial charge in [-0.3, -0.25) is 9.58 Å². The summed E-state index contributed by atoms with van der Waals surface area (Å²) in [7, 11) is 2.01. The molecule has 96 valence electrons. The Balaban J connectivity index is 2.05. The third-order valence-corrected chi connectivity index (χ3v) is 4.12. The van der Waals surface area contributed by atoms with Gasteiger partial charge in [-0.2, -0.15) is 5.10 Å². The molecule has 0 spiro atoms. The molecule has 0 aromatic carbocycles. The molecule has 0 bridgehead atoms. The second-order valence-corrected chi connectivity index (χ2v) is 5.53. The molecule has 0 aliphatic carbocycles. The SMILES string of the molecule is CCCC1CNCCN1Cc1c(Br)cnn1C. The zero-order chi connectivity index (χ0) is 12.3. The predicted molar refractivity (Wildman–Crippen MR) is 72.9 cm³/mol. The van der Waals surface area contributed by atoms with Crippen molar-refractivity contribution >= 4 is 15.9 Å². The molecule has 0 saturated carbocycles. The number of piperazine rings is 1. The van der Waals surface area contributed by atoms with Gasteiger partial charge in [0, 0.05) is 39.3 Å². The standard InChI is InChI=1S/C12H21BrN4/c1-3-4-10-7-14-5-6-17(10)9-12-11(13)8-15-16(12)2/h8,10,14H,3-7,9H2,1-2H3. The lowest BCUT2D eigenvalue weighted by Gasteiger charge is -2.36. The molecular formula is C12H21BrN4. The molecule has 0 radical (unpaired) electrons. The highest BCUT2D eigenvalue weighted by Crippen LogP contribution is 2.20. The monoisotopic (exact) mass is 300 g/mol. The van der Waals surface area contributed by atoms with E-state index >= 15 is 0 Å². The zero-order valence-corrected chi connectivity index (χ0v) is 12.2. The first-order chi connectivity index (χ1) is 8.22. The fourth-order valence-corrected chi connectivity index (χ4v) is 2.91. The summed E-state index contributed by atoms with van der Waals surface area (Å²) >= 11 is 3.58. The predicted octanol–water partition coefficient (Wildman–Crippen LogP) is 1.76. The van der Waals surface area contributed by atoms with Crippen LogP contribution < -0.4 is 5.32 Å². The molecule has 1 fully saturated rings. The smallest absolute Gasteiger partial charge is 0.0663 e. The number of halogens is 1. The van der Waals surface area contributed by atoms with Gasteiger partial charge >= 0.3 is 0 Å². The van der Waals surface area contributed by atoms with E-state index in [1.165, 1.54) is 18.5 Å². The number of nitrogens with zero attached hydrogens (tertiary/aromatic N) is 3. The second-order valence-electron chi connectivity index (χ2n) is 4.68. The molecule has 1 aromatic heterocycles. The molecule has 1 aliphatic rings. The van der Waals surface area contributed by atoms with E-state index < -0.39 is 0 Å². The van der Waals surface area contributed by atoms with Crippen LogP contribution >= 0.6 is 15.9 Å². The Hall–Kier alpha value is -0.390. The van der Waals surface area contributed by atoms with E-state index in [2.05, 4.69) is 38.2 Å². The first-order valence-electron chi connectivity index (χ1n) is 6.33. The van der Waals surface area contributed by atoms with Crippen LogP contribution in [0.25, 0.3) is 0 Å². The van der Waals surface area contributed by atoms with Crippen molar-refractivity contribution < 1.29 is 0 Å². The van der Waals surface area contributed by atoms with E-state index in [9.17, 15) is 0 Å². The van der Waals surface area contributed by atoms with Crippen LogP contribution in [0.2, 0.25) is 0 Å². The number of hydrogen-bond acceptors (Lipinski definition) is 3. The minimum absolute atomic E-state index is 0.663. The lowest BCUT2D eigenvalue weighted by molar-refractivity contribution is 0.140. The van der Waals surface area contributed by atoms with Crippen LogP contribution in [0.5, 0.6) is 0 Å². The van der Waals surface area contributed by atoms with Crippen LogP contribution in [0.3, 0.4) is 0 Å². The lowest BCUT2D eigenvalue weighted by atomic mass is 10.1. The first-order valence-corrected chi connectivity index (χ1v) is 7.12. The average molecular weight is 301 g/mol. The summed E-state index contributed by atoms with van der Waals surface area (Å²) in [5.74, 6) is 0. The van der Waals surface area contributed by atoms with Crippen LogP contribution in [0.1, 0.15) is 25.5 Å². The summed E-state index contributed by atoms with van der Waals surface area (Å²) in [5, 5.41) is 7.76. The van der Waals surface area contributed by atoms with Gasteiger partial charge in [-0.25, -0.2) is 0 Å². The maximum Gasteiger partial charge on any atom is 0.0663 e. The quantitative estimate of drug-likeness (QED) is 0.920. The number of rotatable bonds is 4. The van der Waals surface area contributed by atoms with Crippen LogP contribution in [0.15, 0.2) is 10.7 Å². The van der Waals surface area contributed by atoms with Gasteiger partial charge in [-0.05, 0) is 22.4 Å². The molecule has 1 N–H and O–H groups in total. The maximum absolute atomic E-state index is 4.28. The highest BCUT2D eigenvalue weighted by Gasteiger charge is 2.23. The number of hydrogen-bond donors (Lipinski definition) is 1. The molecule has 4 nitrogen and oxygen atoms in total. The van der Waals surface area contributed by atoms with E-state index in [4.69, 9.17) is 0 Å². The molecule has 0 amide bonds. The van der Waals surface area contributed by atoms with Gasteiger partial charge < -0.3 is 5.32 Å². The van der Waals surface area contributed by atoms with Gasteiger partial charge in [0.05, 0.1) is 16.4 Å². The number of nitrogens with one attached hydrogen (secondary N) is 1. The highest BCUT2D eigenvalue weighted by atomic mass is 79.9. The van der Waals surface area contributed by atoms with Gasteiger partial charge in [0.2, 0.25) is 0 Å². The van der Waals surface area contributed by atoms with Crippen molar-refractivity contribution in [3.63, 3.8) is 0 Å². The fourth-order valence-electron chi connectivity index (χ4n) is 2.44. The van der Waals surface area contributed by atoms with Crippen molar-refractivity contribution in [2.75, 3.05) is 19.6 Å². The van der Waals surface area contributed by atoms with E-state index in [-0.39, 0.29) is 0 Å². The van der Waals surface area contributed by atoms with Crippen LogP contribution in [0, 0.1) is 0 Å². The van der Waals surface area contributed by atoms with Gasteiger partial charge in [-0.1, -0.05) is 13.3 Å². The third kappa shape index (κ3) is 3.09. The van der Waals surface area contributed by atoms with E-state index in [1.54, 1.807) is 0 Å². The van der Waals surface area contributed by atoms with Crippen molar-refractivity contribution in [3.05, 3.63) is 16.4 Å². The molecule has 17 heavy (non-hydrogen) atoms. The van der Waals surface area contributed by atoms with Gasteiger partial charge in [-0.15, -0.1) is 0 Å². The molecule has 1 aliphatic heterocycles. The molecule has 1 atom stereocenters. The highest BCUT2D eigenvalue weighted by molar-refractivity contribution is 9.10. The molecular weight excluding hydrogens is 280 g/mol. The van der Waals surface area contributed by atoms with Crippen molar-refractivity contribution in [1.29, 1.82) is 0 Å². The van der Waals surface area contributed by atoms with Gasteiger partial charge in [0.15, 0.2) is 0 Å². The minimum Gasteiger partial charge on any atom is -0.314 e. The summed E-state index contributed by atoms with van der Waals surface area (Å²) in [6, 6.07) is 0.663. The molecule has 2 heterocycles. The summed E-state index contributed by atoms with van der Waals surface area (Å²) in [4.78, 5) is 2.57.